The molecule has 0 aliphatic carbocycles. The van der Waals surface area contributed by atoms with Crippen molar-refractivity contribution in [2.45, 2.75) is 10.8 Å². The van der Waals surface area contributed by atoms with Crippen LogP contribution < -0.4 is 4.72 Å². The van der Waals surface area contributed by atoms with Gasteiger partial charge < -0.3 is 0 Å². The van der Waals surface area contributed by atoms with E-state index in [0.717, 1.165) is 10.6 Å². The number of hydrogen-bond donors (Lipinski definition) is 1. The molecule has 1 aromatic carbocycles. The highest BCUT2D eigenvalue weighted by molar-refractivity contribution is 7.98. The molecule has 0 atom stereocenters. The van der Waals surface area contributed by atoms with Gasteiger partial charge in [-0.2, -0.15) is 0 Å². The lowest BCUT2D eigenvalue weighted by atomic mass is 10.2. The van der Waals surface area contributed by atoms with E-state index in [1.54, 1.807) is 24.3 Å². The minimum absolute atomic E-state index is 0.0435. The standard InChI is InChI=1S/C13H14N2O2S2/c1-18-13-8-7-12(9-14-13)15-19(16,17)10-11-5-3-2-4-6-11/h2-9,15H,10H2,1H3. The van der Waals surface area contributed by atoms with Gasteiger partial charge in [-0.1, -0.05) is 30.3 Å². The number of sulfonamides is 1. The van der Waals surface area contributed by atoms with E-state index in [1.165, 1.54) is 18.0 Å². The highest BCUT2D eigenvalue weighted by Gasteiger charge is 2.11. The summed E-state index contributed by atoms with van der Waals surface area (Å²) in [7, 11) is -3.40. The Hall–Kier alpha value is -1.53. The van der Waals surface area contributed by atoms with Gasteiger partial charge in [0.1, 0.15) is 0 Å². The van der Waals surface area contributed by atoms with Gasteiger partial charge in [0.05, 0.1) is 22.7 Å². The molecule has 1 aromatic heterocycles. The number of aromatic nitrogens is 1. The Kier molecular flexibility index (Phi) is 4.44. The average Bonchev–Trinajstić information content (AvgIpc) is 2.39. The van der Waals surface area contributed by atoms with Crippen LogP contribution in [0.1, 0.15) is 5.56 Å². The first-order chi connectivity index (χ1) is 9.09. The minimum atomic E-state index is -3.40. The lowest BCUT2D eigenvalue weighted by molar-refractivity contribution is 0.600. The van der Waals surface area contributed by atoms with Crippen molar-refractivity contribution in [3.05, 3.63) is 54.2 Å². The molecule has 2 aromatic rings. The van der Waals surface area contributed by atoms with Crippen LogP contribution >= 0.6 is 11.8 Å². The van der Waals surface area contributed by atoms with E-state index >= 15 is 0 Å². The van der Waals surface area contributed by atoms with E-state index in [9.17, 15) is 8.42 Å². The normalized spacial score (nSPS) is 11.2. The fourth-order valence-electron chi connectivity index (χ4n) is 1.57. The Balaban J connectivity index is 2.08. The molecular formula is C13H14N2O2S2. The van der Waals surface area contributed by atoms with Gasteiger partial charge in [0.2, 0.25) is 10.0 Å². The highest BCUT2D eigenvalue weighted by atomic mass is 32.2. The molecule has 100 valence electrons. The molecule has 2 rings (SSSR count). The molecule has 19 heavy (non-hydrogen) atoms. The summed E-state index contributed by atoms with van der Waals surface area (Å²) < 4.78 is 26.5. The molecule has 0 saturated carbocycles. The number of pyridine rings is 1. The number of hydrogen-bond acceptors (Lipinski definition) is 4. The zero-order valence-corrected chi connectivity index (χ0v) is 12.0. The van der Waals surface area contributed by atoms with Gasteiger partial charge in [0, 0.05) is 0 Å². The summed E-state index contributed by atoms with van der Waals surface area (Å²) in [6, 6.07) is 12.6. The first kappa shape index (κ1) is 13.9. The number of thioether (sulfide) groups is 1. The second-order valence-electron chi connectivity index (χ2n) is 3.94. The lowest BCUT2D eigenvalue weighted by Gasteiger charge is -2.08. The topological polar surface area (TPSA) is 59.1 Å². The Labute approximate surface area is 117 Å². The Morgan fingerprint density at radius 2 is 1.89 bits per heavy atom. The SMILES string of the molecule is CSc1ccc(NS(=O)(=O)Cc2ccccc2)cn1. The first-order valence-electron chi connectivity index (χ1n) is 5.63. The molecule has 4 nitrogen and oxygen atoms in total. The van der Waals surface area contributed by atoms with E-state index in [0.29, 0.717) is 5.69 Å². The van der Waals surface area contributed by atoms with Gasteiger partial charge in [-0.15, -0.1) is 11.8 Å². The first-order valence-corrected chi connectivity index (χ1v) is 8.51. The van der Waals surface area contributed by atoms with Crippen molar-refractivity contribution >= 4 is 27.5 Å². The van der Waals surface area contributed by atoms with Crippen LogP contribution in [0.3, 0.4) is 0 Å². The molecule has 1 heterocycles. The van der Waals surface area contributed by atoms with Gasteiger partial charge in [-0.05, 0) is 24.0 Å². The molecule has 0 unspecified atom stereocenters. The van der Waals surface area contributed by atoms with Gasteiger partial charge in [0.15, 0.2) is 0 Å². The highest BCUT2D eigenvalue weighted by Crippen LogP contribution is 2.16. The smallest absolute Gasteiger partial charge is 0.236 e. The Morgan fingerprint density at radius 1 is 1.16 bits per heavy atom. The zero-order chi connectivity index (χ0) is 13.7. The van der Waals surface area contributed by atoms with Crippen molar-refractivity contribution in [2.75, 3.05) is 11.0 Å². The fraction of sp³-hybridized carbons (Fsp3) is 0.154. The summed E-state index contributed by atoms with van der Waals surface area (Å²) in [4.78, 5) is 4.12. The van der Waals surface area contributed by atoms with E-state index in [4.69, 9.17) is 0 Å². The summed E-state index contributed by atoms with van der Waals surface area (Å²) in [5.74, 6) is -0.0435. The van der Waals surface area contributed by atoms with E-state index in [1.807, 2.05) is 24.5 Å². The van der Waals surface area contributed by atoms with Crippen LogP contribution in [0.5, 0.6) is 0 Å². The van der Waals surface area contributed by atoms with Gasteiger partial charge in [0.25, 0.3) is 0 Å². The average molecular weight is 294 g/mol. The fourth-order valence-corrected chi connectivity index (χ4v) is 3.12. The van der Waals surface area contributed by atoms with Crippen molar-refractivity contribution in [3.8, 4) is 0 Å². The number of anilines is 1. The van der Waals surface area contributed by atoms with Crippen LogP contribution in [0, 0.1) is 0 Å². The molecule has 0 bridgehead atoms. The monoisotopic (exact) mass is 294 g/mol. The number of rotatable bonds is 5. The van der Waals surface area contributed by atoms with E-state index < -0.39 is 10.0 Å². The lowest BCUT2D eigenvalue weighted by Crippen LogP contribution is -2.15. The third-order valence-corrected chi connectivity index (χ3v) is 4.34. The molecule has 0 amide bonds. The van der Waals surface area contributed by atoms with Crippen molar-refractivity contribution in [1.82, 2.24) is 4.98 Å². The van der Waals surface area contributed by atoms with Crippen molar-refractivity contribution in [2.24, 2.45) is 0 Å². The summed E-state index contributed by atoms with van der Waals surface area (Å²) in [5.41, 5.74) is 1.23. The summed E-state index contributed by atoms with van der Waals surface area (Å²) in [5, 5.41) is 0.853. The number of nitrogens with zero attached hydrogens (tertiary/aromatic N) is 1. The molecule has 0 aliphatic rings. The van der Waals surface area contributed by atoms with Gasteiger partial charge in [-0.3, -0.25) is 4.72 Å². The molecule has 0 spiro atoms. The van der Waals surface area contributed by atoms with Crippen LogP contribution in [0.2, 0.25) is 0 Å². The van der Waals surface area contributed by atoms with Crippen LogP contribution in [0.4, 0.5) is 5.69 Å². The quantitative estimate of drug-likeness (QED) is 0.861. The second kappa shape index (κ2) is 6.08. The largest absolute Gasteiger partial charge is 0.282 e. The molecule has 0 radical (unpaired) electrons. The Morgan fingerprint density at radius 3 is 2.47 bits per heavy atom. The molecule has 0 saturated heterocycles. The molecular weight excluding hydrogens is 280 g/mol. The maximum Gasteiger partial charge on any atom is 0.236 e. The summed E-state index contributed by atoms with van der Waals surface area (Å²) in [6.07, 6.45) is 3.44. The van der Waals surface area contributed by atoms with Crippen molar-refractivity contribution < 1.29 is 8.42 Å². The minimum Gasteiger partial charge on any atom is -0.282 e. The zero-order valence-electron chi connectivity index (χ0n) is 10.4. The van der Waals surface area contributed by atoms with Crippen LogP contribution in [0.15, 0.2) is 53.7 Å². The van der Waals surface area contributed by atoms with Crippen molar-refractivity contribution in [3.63, 3.8) is 0 Å². The molecule has 6 heteroatoms. The maximum atomic E-state index is 12.0. The van der Waals surface area contributed by atoms with Crippen LogP contribution in [-0.4, -0.2) is 19.7 Å². The molecule has 1 N–H and O–H groups in total. The van der Waals surface area contributed by atoms with Gasteiger partial charge in [-0.25, -0.2) is 13.4 Å². The third-order valence-electron chi connectivity index (χ3n) is 2.42. The predicted octanol–water partition coefficient (Wildman–Crippen LogP) is 2.75. The number of nitrogens with one attached hydrogen (secondary N) is 1. The molecule has 0 fully saturated rings. The number of benzene rings is 1. The van der Waals surface area contributed by atoms with Gasteiger partial charge >= 0.3 is 0 Å². The Bertz CT molecular complexity index is 625. The maximum absolute atomic E-state index is 12.0. The van der Waals surface area contributed by atoms with Crippen molar-refractivity contribution in [1.29, 1.82) is 0 Å². The summed E-state index contributed by atoms with van der Waals surface area (Å²) in [6.45, 7) is 0. The van der Waals surface area contributed by atoms with E-state index in [2.05, 4.69) is 9.71 Å². The van der Waals surface area contributed by atoms with E-state index in [-0.39, 0.29) is 5.75 Å². The predicted molar refractivity (Wildman–Crippen MR) is 78.7 cm³/mol. The third kappa shape index (κ3) is 4.25. The van der Waals surface area contributed by atoms with Crippen LogP contribution in [0.25, 0.3) is 0 Å². The summed E-state index contributed by atoms with van der Waals surface area (Å²) >= 11 is 1.51. The second-order valence-corrected chi connectivity index (χ2v) is 6.48. The van der Waals surface area contributed by atoms with Crippen LogP contribution in [-0.2, 0) is 15.8 Å². The molecule has 0 aliphatic heterocycles.